The highest BCUT2D eigenvalue weighted by atomic mass is 16.7. The predicted octanol–water partition coefficient (Wildman–Crippen LogP) is 0.988. The molecule has 0 saturated heterocycles. The number of rotatable bonds is 4. The molecule has 2 N–H and O–H groups in total. The Kier molecular flexibility index (Phi) is 4.10. The zero-order valence-electron chi connectivity index (χ0n) is 10.9. The van der Waals surface area contributed by atoms with E-state index in [2.05, 4.69) is 0 Å². The molecule has 0 aromatic heterocycles. The summed E-state index contributed by atoms with van der Waals surface area (Å²) in [5.74, 6) is -4.48. The highest BCUT2D eigenvalue weighted by Gasteiger charge is 2.38. The molecule has 2 saturated carbocycles. The largest absolute Gasteiger partial charge is 0.433 e. The van der Waals surface area contributed by atoms with Gasteiger partial charge in [-0.15, -0.1) is 0 Å². The van der Waals surface area contributed by atoms with Crippen LogP contribution < -0.4 is 0 Å². The molecule has 0 amide bonds. The maximum absolute atomic E-state index is 11.5. The molecule has 0 radical (unpaired) electrons. The van der Waals surface area contributed by atoms with E-state index in [1.165, 1.54) is 0 Å². The van der Waals surface area contributed by atoms with Crippen molar-refractivity contribution < 1.29 is 29.3 Å². The Bertz CT molecular complexity index is 318. The van der Waals surface area contributed by atoms with Crippen LogP contribution in [-0.2, 0) is 19.1 Å². The second kappa shape index (κ2) is 5.46. The molecule has 2 aliphatic rings. The maximum Gasteiger partial charge on any atom is 0.319 e. The van der Waals surface area contributed by atoms with Gasteiger partial charge in [-0.2, -0.15) is 0 Å². The van der Waals surface area contributed by atoms with Gasteiger partial charge in [0.25, 0.3) is 0 Å². The van der Waals surface area contributed by atoms with Crippen molar-refractivity contribution in [2.45, 2.75) is 69.4 Å². The Hall–Kier alpha value is -1.14. The number of carbonyl (C=O) groups is 2. The van der Waals surface area contributed by atoms with E-state index in [-0.39, 0.29) is 0 Å². The third kappa shape index (κ3) is 3.91. The molecule has 0 spiro atoms. The molecule has 108 valence electrons. The Morgan fingerprint density at radius 2 is 1.11 bits per heavy atom. The number of carbonyl (C=O) groups excluding carboxylic acids is 2. The molecule has 0 aromatic carbocycles. The van der Waals surface area contributed by atoms with Crippen molar-refractivity contribution in [1.82, 2.24) is 0 Å². The molecule has 0 unspecified atom stereocenters. The number of hydrogen-bond donors (Lipinski definition) is 2. The average molecular weight is 272 g/mol. The van der Waals surface area contributed by atoms with Crippen LogP contribution in [0.4, 0.5) is 0 Å². The molecule has 2 aliphatic carbocycles. The molecule has 0 bridgehead atoms. The fourth-order valence-corrected chi connectivity index (χ4v) is 2.67. The summed E-state index contributed by atoms with van der Waals surface area (Å²) in [5, 5.41) is 19.7. The molecular formula is C13H20O6. The molecule has 0 atom stereocenters. The summed E-state index contributed by atoms with van der Waals surface area (Å²) in [4.78, 5) is 23.1. The Morgan fingerprint density at radius 1 is 0.789 bits per heavy atom. The van der Waals surface area contributed by atoms with E-state index in [1.54, 1.807) is 0 Å². The van der Waals surface area contributed by atoms with Crippen molar-refractivity contribution in [2.75, 3.05) is 0 Å². The van der Waals surface area contributed by atoms with Crippen LogP contribution in [0.15, 0.2) is 0 Å². The lowest BCUT2D eigenvalue weighted by molar-refractivity contribution is -0.216. The minimum Gasteiger partial charge on any atom is -0.433 e. The SMILES string of the molecule is O=C(CC(=O)OC1(O)CCCC1)OC1(O)CCCC1. The lowest BCUT2D eigenvalue weighted by atomic mass is 10.2. The Balaban J connectivity index is 1.77. The van der Waals surface area contributed by atoms with E-state index in [9.17, 15) is 19.8 Å². The minimum atomic E-state index is -1.43. The normalized spacial score (nSPS) is 24.1. The highest BCUT2D eigenvalue weighted by Crippen LogP contribution is 2.32. The van der Waals surface area contributed by atoms with E-state index in [0.29, 0.717) is 25.7 Å². The summed E-state index contributed by atoms with van der Waals surface area (Å²) in [6.07, 6.45) is 4.22. The van der Waals surface area contributed by atoms with Gasteiger partial charge < -0.3 is 19.7 Å². The van der Waals surface area contributed by atoms with Crippen LogP contribution in [0, 0.1) is 0 Å². The van der Waals surface area contributed by atoms with Gasteiger partial charge in [-0.3, -0.25) is 9.59 Å². The van der Waals surface area contributed by atoms with Crippen LogP contribution in [-0.4, -0.2) is 33.7 Å². The first-order valence-corrected chi connectivity index (χ1v) is 6.79. The van der Waals surface area contributed by atoms with Crippen LogP contribution in [0.25, 0.3) is 0 Å². The van der Waals surface area contributed by atoms with Gasteiger partial charge in [-0.25, -0.2) is 0 Å². The van der Waals surface area contributed by atoms with Crippen molar-refractivity contribution in [1.29, 1.82) is 0 Å². The Labute approximate surface area is 111 Å². The lowest BCUT2D eigenvalue weighted by Gasteiger charge is -2.24. The predicted molar refractivity (Wildman–Crippen MR) is 63.6 cm³/mol. The standard InChI is InChI=1S/C13H20O6/c14-10(18-12(16)5-1-2-6-12)9-11(15)19-13(17)7-3-4-8-13/h16-17H,1-9H2. The number of aliphatic hydroxyl groups is 2. The monoisotopic (exact) mass is 272 g/mol. The van der Waals surface area contributed by atoms with Crippen molar-refractivity contribution in [3.63, 3.8) is 0 Å². The summed E-state index contributed by atoms with van der Waals surface area (Å²) in [6, 6.07) is 0. The smallest absolute Gasteiger partial charge is 0.319 e. The highest BCUT2D eigenvalue weighted by molar-refractivity contribution is 5.91. The molecule has 2 fully saturated rings. The van der Waals surface area contributed by atoms with Crippen molar-refractivity contribution in [3.05, 3.63) is 0 Å². The maximum atomic E-state index is 11.5. The fraction of sp³-hybridized carbons (Fsp3) is 0.846. The van der Waals surface area contributed by atoms with Crippen LogP contribution in [0.1, 0.15) is 57.8 Å². The van der Waals surface area contributed by atoms with Gasteiger partial charge >= 0.3 is 11.9 Å². The van der Waals surface area contributed by atoms with Gasteiger partial charge in [0.1, 0.15) is 6.42 Å². The zero-order chi connectivity index (χ0) is 13.9. The van der Waals surface area contributed by atoms with E-state index >= 15 is 0 Å². The minimum absolute atomic E-state index is 0.401. The van der Waals surface area contributed by atoms with E-state index in [4.69, 9.17) is 9.47 Å². The van der Waals surface area contributed by atoms with Gasteiger partial charge in [0.05, 0.1) is 0 Å². The third-order valence-corrected chi connectivity index (χ3v) is 3.67. The third-order valence-electron chi connectivity index (χ3n) is 3.67. The summed E-state index contributed by atoms with van der Waals surface area (Å²) in [7, 11) is 0. The van der Waals surface area contributed by atoms with Crippen molar-refractivity contribution in [3.8, 4) is 0 Å². The number of hydrogen-bond acceptors (Lipinski definition) is 6. The molecule has 0 aliphatic heterocycles. The molecule has 6 heteroatoms. The van der Waals surface area contributed by atoms with Gasteiger partial charge in [-0.1, -0.05) is 0 Å². The van der Waals surface area contributed by atoms with Crippen molar-refractivity contribution >= 4 is 11.9 Å². The second-order valence-corrected chi connectivity index (χ2v) is 5.43. The van der Waals surface area contributed by atoms with E-state index < -0.39 is 29.9 Å². The molecule has 6 nitrogen and oxygen atoms in total. The first kappa shape index (κ1) is 14.3. The van der Waals surface area contributed by atoms with Gasteiger partial charge in [-0.05, 0) is 25.7 Å². The topological polar surface area (TPSA) is 93.1 Å². The second-order valence-electron chi connectivity index (χ2n) is 5.43. The molecular weight excluding hydrogens is 252 g/mol. The summed E-state index contributed by atoms with van der Waals surface area (Å²) in [6.45, 7) is 0. The number of ether oxygens (including phenoxy) is 2. The molecule has 0 aromatic rings. The van der Waals surface area contributed by atoms with Crippen LogP contribution >= 0.6 is 0 Å². The van der Waals surface area contributed by atoms with E-state index in [0.717, 1.165) is 25.7 Å². The lowest BCUT2D eigenvalue weighted by Crippen LogP contribution is -2.35. The zero-order valence-corrected chi connectivity index (χ0v) is 10.9. The summed E-state index contributed by atoms with van der Waals surface area (Å²) < 4.78 is 9.80. The Morgan fingerprint density at radius 3 is 1.42 bits per heavy atom. The molecule has 2 rings (SSSR count). The van der Waals surface area contributed by atoms with Gasteiger partial charge in [0, 0.05) is 25.7 Å². The summed E-state index contributed by atoms with van der Waals surface area (Å²) >= 11 is 0. The number of esters is 2. The van der Waals surface area contributed by atoms with Crippen molar-refractivity contribution in [2.24, 2.45) is 0 Å². The first-order chi connectivity index (χ1) is 8.91. The van der Waals surface area contributed by atoms with Crippen LogP contribution in [0.2, 0.25) is 0 Å². The fourth-order valence-electron chi connectivity index (χ4n) is 2.67. The summed E-state index contributed by atoms with van der Waals surface area (Å²) in [5.41, 5.74) is 0. The van der Waals surface area contributed by atoms with Crippen LogP contribution in [0.5, 0.6) is 0 Å². The molecule has 0 heterocycles. The average Bonchev–Trinajstić information content (AvgIpc) is 2.87. The van der Waals surface area contributed by atoms with Gasteiger partial charge in [0.15, 0.2) is 0 Å². The molecule has 19 heavy (non-hydrogen) atoms. The van der Waals surface area contributed by atoms with Crippen LogP contribution in [0.3, 0.4) is 0 Å². The quantitative estimate of drug-likeness (QED) is 0.450. The first-order valence-electron chi connectivity index (χ1n) is 6.79. The van der Waals surface area contributed by atoms with E-state index in [1.807, 2.05) is 0 Å². The van der Waals surface area contributed by atoms with Gasteiger partial charge in [0.2, 0.25) is 11.6 Å².